The number of aliphatic carboxylic acids is 4. The van der Waals surface area contributed by atoms with Crippen molar-refractivity contribution in [3.05, 3.63) is 0 Å². The molecule has 40 heavy (non-hydrogen) atoms. The summed E-state index contributed by atoms with van der Waals surface area (Å²) in [7, 11) is 0. The average Bonchev–Trinajstić information content (AvgIpc) is 2.91. The lowest BCUT2D eigenvalue weighted by molar-refractivity contribution is -0.138. The van der Waals surface area contributed by atoms with Gasteiger partial charge >= 0.3 is 23.9 Å². The number of carboxylic acid groups (broad SMARTS) is 4. The molecular weight excluding hydrogens is 528 g/mol. The van der Waals surface area contributed by atoms with Crippen LogP contribution in [0.1, 0.15) is 79.1 Å². The van der Waals surface area contributed by atoms with Crippen molar-refractivity contribution in [2.24, 2.45) is 20.5 Å². The molecule has 0 aliphatic rings. The van der Waals surface area contributed by atoms with Gasteiger partial charge in [0.1, 0.15) is 0 Å². The first-order valence-corrected chi connectivity index (χ1v) is 11.7. The van der Waals surface area contributed by atoms with E-state index in [4.69, 9.17) is 41.5 Å². The van der Waals surface area contributed by atoms with E-state index in [1.54, 1.807) is 0 Å². The van der Waals surface area contributed by atoms with Crippen molar-refractivity contribution in [2.75, 3.05) is 0 Å². The Hall–Kier alpha value is -4.96. The molecule has 0 aromatic carbocycles. The van der Waals surface area contributed by atoms with E-state index in [1.165, 1.54) is 27.7 Å². The molecule has 4 N–H and O–H groups in total. The summed E-state index contributed by atoms with van der Waals surface area (Å²) in [4.78, 5) is 42.0. The molecule has 0 radical (unpaired) electrons. The van der Waals surface area contributed by atoms with Gasteiger partial charge in [-0.1, -0.05) is 0 Å². The van der Waals surface area contributed by atoms with Gasteiger partial charge in [0.05, 0.1) is 24.3 Å². The number of rotatable bonds is 16. The Morgan fingerprint density at radius 1 is 0.475 bits per heavy atom. The molecule has 0 saturated carbocycles. The lowest BCUT2D eigenvalue weighted by Gasteiger charge is -2.18. The maximum atomic E-state index is 10.5. The summed E-state index contributed by atoms with van der Waals surface area (Å²) in [6, 6.07) is 7.38. The fourth-order valence-corrected chi connectivity index (χ4v) is 2.36. The Labute approximate surface area is 230 Å². The van der Waals surface area contributed by atoms with Crippen LogP contribution in [0.5, 0.6) is 0 Å². The number of nitrogens with zero attached hydrogens (tertiary/aromatic N) is 8. The van der Waals surface area contributed by atoms with Gasteiger partial charge < -0.3 is 20.4 Å². The van der Waals surface area contributed by atoms with Gasteiger partial charge in [-0.05, 0) is 53.4 Å². The number of hydrogen-bond acceptors (Lipinski definition) is 12. The summed E-state index contributed by atoms with van der Waals surface area (Å²) in [5.74, 6) is -4.24. The first-order chi connectivity index (χ1) is 18.3. The highest BCUT2D eigenvalue weighted by atomic mass is 16.4. The van der Waals surface area contributed by atoms with Gasteiger partial charge in [-0.2, -0.15) is 41.5 Å². The molecule has 4 unspecified atom stereocenters. The summed E-state index contributed by atoms with van der Waals surface area (Å²) in [6.07, 6.45) is -1.15. The molecule has 0 fully saturated rings. The maximum Gasteiger partial charge on any atom is 0.303 e. The van der Waals surface area contributed by atoms with Crippen molar-refractivity contribution < 1.29 is 39.6 Å². The van der Waals surface area contributed by atoms with Crippen LogP contribution in [0.25, 0.3) is 0 Å². The van der Waals surface area contributed by atoms with Crippen molar-refractivity contribution in [1.29, 1.82) is 21.0 Å². The molecule has 0 amide bonds. The molecule has 0 spiro atoms. The van der Waals surface area contributed by atoms with Gasteiger partial charge in [0.2, 0.25) is 0 Å². The quantitative estimate of drug-likeness (QED) is 0.197. The molecule has 0 heterocycles. The van der Waals surface area contributed by atoms with E-state index >= 15 is 0 Å². The first-order valence-electron chi connectivity index (χ1n) is 11.7. The molecule has 0 saturated heterocycles. The molecule has 0 aromatic rings. The van der Waals surface area contributed by atoms with E-state index in [0.29, 0.717) is 0 Å². The van der Waals surface area contributed by atoms with Crippen molar-refractivity contribution in [1.82, 2.24) is 0 Å². The predicted molar refractivity (Wildman–Crippen MR) is 133 cm³/mol. The minimum atomic E-state index is -1.35. The van der Waals surface area contributed by atoms with E-state index in [9.17, 15) is 19.2 Å². The zero-order valence-electron chi connectivity index (χ0n) is 22.7. The molecule has 0 rings (SSSR count). The Balaban J connectivity index is 0. The zero-order chi connectivity index (χ0) is 31.6. The second-order valence-corrected chi connectivity index (χ2v) is 9.52. The van der Waals surface area contributed by atoms with E-state index in [0.717, 1.165) is 0 Å². The van der Waals surface area contributed by atoms with Crippen LogP contribution in [0, 0.1) is 45.3 Å². The van der Waals surface area contributed by atoms with Crippen molar-refractivity contribution in [3.63, 3.8) is 0 Å². The molecule has 0 aliphatic carbocycles. The minimum Gasteiger partial charge on any atom is -0.481 e. The Bertz CT molecular complexity index is 983. The lowest BCUT2D eigenvalue weighted by Crippen LogP contribution is -2.25. The Morgan fingerprint density at radius 3 is 0.725 bits per heavy atom. The summed E-state index contributed by atoms with van der Waals surface area (Å²) in [6.45, 7) is 5.64. The molecule has 216 valence electrons. The number of carboxylic acids is 4. The van der Waals surface area contributed by atoms with E-state index < -0.39 is 46.0 Å². The fraction of sp³-hybridized carbons (Fsp3) is 0.667. The lowest BCUT2D eigenvalue weighted by atomic mass is 9.97. The van der Waals surface area contributed by atoms with E-state index in [-0.39, 0.29) is 51.4 Å². The highest BCUT2D eigenvalue weighted by Crippen LogP contribution is 2.24. The number of azo groups is 2. The number of hydrogen-bond donors (Lipinski definition) is 4. The molecule has 16 nitrogen and oxygen atoms in total. The second-order valence-electron chi connectivity index (χ2n) is 9.52. The van der Waals surface area contributed by atoms with Crippen molar-refractivity contribution >= 4 is 23.9 Å². The molecule has 0 bridgehead atoms. The third-order valence-electron chi connectivity index (χ3n) is 5.25. The van der Waals surface area contributed by atoms with Crippen LogP contribution in [0.4, 0.5) is 0 Å². The second kappa shape index (κ2) is 16.8. The van der Waals surface area contributed by atoms with Crippen LogP contribution in [0.2, 0.25) is 0 Å². The number of nitriles is 4. The first kappa shape index (κ1) is 37.2. The van der Waals surface area contributed by atoms with Crippen LogP contribution in [0.3, 0.4) is 0 Å². The topological polar surface area (TPSA) is 294 Å². The monoisotopic (exact) mass is 560 g/mol. The normalized spacial score (nSPS) is 16.6. The van der Waals surface area contributed by atoms with E-state index in [1.807, 2.05) is 24.3 Å². The average molecular weight is 561 g/mol. The molecule has 0 aromatic heterocycles. The Kier molecular flexibility index (Phi) is 15.6. The van der Waals surface area contributed by atoms with Gasteiger partial charge in [0.25, 0.3) is 0 Å². The summed E-state index contributed by atoms with van der Waals surface area (Å²) in [5, 5.41) is 85.4. The highest BCUT2D eigenvalue weighted by molar-refractivity contribution is 5.68. The maximum absolute atomic E-state index is 10.5. The fourth-order valence-electron chi connectivity index (χ4n) is 2.36. The number of carbonyl (C=O) groups is 4. The summed E-state index contributed by atoms with van der Waals surface area (Å²) in [5.41, 5.74) is -5.39. The van der Waals surface area contributed by atoms with Gasteiger partial charge in [0, 0.05) is 25.7 Å². The predicted octanol–water partition coefficient (Wildman–Crippen LogP) is 3.47. The third kappa shape index (κ3) is 16.7. The highest BCUT2D eigenvalue weighted by Gasteiger charge is 2.30. The molecule has 0 aliphatic heterocycles. The van der Waals surface area contributed by atoms with Crippen LogP contribution in [0.15, 0.2) is 20.5 Å². The van der Waals surface area contributed by atoms with Crippen LogP contribution in [-0.2, 0) is 19.2 Å². The van der Waals surface area contributed by atoms with Crippen molar-refractivity contribution in [2.45, 2.75) is 101 Å². The van der Waals surface area contributed by atoms with Crippen LogP contribution >= 0.6 is 0 Å². The summed E-state index contributed by atoms with van der Waals surface area (Å²) < 4.78 is 0. The van der Waals surface area contributed by atoms with Gasteiger partial charge in [-0.3, -0.25) is 19.2 Å². The molecule has 16 heteroatoms. The van der Waals surface area contributed by atoms with Crippen molar-refractivity contribution in [3.8, 4) is 24.3 Å². The summed E-state index contributed by atoms with van der Waals surface area (Å²) >= 11 is 0. The zero-order valence-corrected chi connectivity index (χ0v) is 22.7. The third-order valence-corrected chi connectivity index (χ3v) is 5.25. The molecular formula is C24H32N8O8. The van der Waals surface area contributed by atoms with Gasteiger partial charge in [-0.25, -0.2) is 0 Å². The van der Waals surface area contributed by atoms with Crippen LogP contribution in [-0.4, -0.2) is 66.5 Å². The largest absolute Gasteiger partial charge is 0.481 e. The SMILES string of the molecule is CC(C#N)(CCC(=O)O)N=NC(C)(C#N)CCC(=O)O.CC(C#N)(CCC(=O)O)N=NC(C)(C#N)CCC(=O)O. The van der Waals surface area contributed by atoms with Crippen LogP contribution < -0.4 is 0 Å². The smallest absolute Gasteiger partial charge is 0.303 e. The van der Waals surface area contributed by atoms with Gasteiger partial charge in [0.15, 0.2) is 22.2 Å². The minimum absolute atomic E-state index is 0.0389. The standard InChI is InChI=1S/2C12H16N4O4/c2*1-11(7-13,5-3-9(17)18)15-16-12(2,8-14)6-4-10(19)20/h2*3-6H2,1-2H3,(H,17,18)(H,19,20). The van der Waals surface area contributed by atoms with E-state index in [2.05, 4.69) is 20.5 Å². The molecule has 4 atom stereocenters. The Morgan fingerprint density at radius 2 is 0.625 bits per heavy atom. The van der Waals surface area contributed by atoms with Gasteiger partial charge in [-0.15, -0.1) is 0 Å².